The maximum Gasteiger partial charge on any atom is 0.292 e. The summed E-state index contributed by atoms with van der Waals surface area (Å²) in [5.74, 6) is -1.95. The largest absolute Gasteiger partial charge is 0.345 e. The first-order chi connectivity index (χ1) is 17.4. The van der Waals surface area contributed by atoms with Crippen LogP contribution < -0.4 is 16.0 Å². The second-order valence-corrected chi connectivity index (χ2v) is 9.50. The predicted octanol–water partition coefficient (Wildman–Crippen LogP) is 1.41. The lowest BCUT2D eigenvalue weighted by atomic mass is 9.89. The number of nitrogens with one attached hydrogen (secondary N) is 3. The molecule has 9 heteroatoms. The van der Waals surface area contributed by atoms with Crippen molar-refractivity contribution in [2.45, 2.75) is 50.7 Å². The molecule has 0 aliphatic carbocycles. The first kappa shape index (κ1) is 23.9. The van der Waals surface area contributed by atoms with Gasteiger partial charge in [-0.3, -0.25) is 29.3 Å². The van der Waals surface area contributed by atoms with E-state index in [2.05, 4.69) is 16.0 Å². The van der Waals surface area contributed by atoms with Crippen LogP contribution in [0.1, 0.15) is 69.0 Å². The van der Waals surface area contributed by atoms with Crippen LogP contribution in [0.4, 0.5) is 0 Å². The molecule has 0 radical (unpaired) electrons. The SMILES string of the molecule is O=C1CCC(N2Cc3c(CNC(=O)C(=O)c4ccc(C5CCNCC5)cc4)cccc3C2=O)C(=O)N1. The zero-order valence-corrected chi connectivity index (χ0v) is 19.8. The lowest BCUT2D eigenvalue weighted by Gasteiger charge is -2.29. The predicted molar refractivity (Wildman–Crippen MR) is 130 cm³/mol. The molecule has 9 nitrogen and oxygen atoms in total. The molecule has 0 bridgehead atoms. The second kappa shape index (κ2) is 10.0. The molecule has 0 spiro atoms. The smallest absolute Gasteiger partial charge is 0.292 e. The monoisotopic (exact) mass is 488 g/mol. The van der Waals surface area contributed by atoms with Gasteiger partial charge in [-0.1, -0.05) is 36.4 Å². The van der Waals surface area contributed by atoms with E-state index >= 15 is 0 Å². The Hall–Kier alpha value is -3.85. The molecule has 3 aliphatic heterocycles. The van der Waals surface area contributed by atoms with E-state index < -0.39 is 23.6 Å². The van der Waals surface area contributed by atoms with Gasteiger partial charge < -0.3 is 15.5 Å². The van der Waals surface area contributed by atoms with Crippen LogP contribution in [0.3, 0.4) is 0 Å². The highest BCUT2D eigenvalue weighted by molar-refractivity contribution is 6.42. The number of amides is 4. The maximum atomic E-state index is 13.0. The Bertz CT molecular complexity index is 1230. The van der Waals surface area contributed by atoms with Gasteiger partial charge in [0.2, 0.25) is 17.6 Å². The van der Waals surface area contributed by atoms with Crippen molar-refractivity contribution in [3.63, 3.8) is 0 Å². The molecular formula is C27H28N4O5. The van der Waals surface area contributed by atoms with Gasteiger partial charge in [0.05, 0.1) is 0 Å². The van der Waals surface area contributed by atoms with Crippen LogP contribution in [0.5, 0.6) is 0 Å². The molecule has 0 saturated carbocycles. The van der Waals surface area contributed by atoms with Crippen LogP contribution in [0.2, 0.25) is 0 Å². The number of ketones is 1. The number of piperidine rings is 2. The van der Waals surface area contributed by atoms with Crippen molar-refractivity contribution in [3.8, 4) is 0 Å². The Morgan fingerprint density at radius 1 is 0.972 bits per heavy atom. The van der Waals surface area contributed by atoms with E-state index in [9.17, 15) is 24.0 Å². The zero-order chi connectivity index (χ0) is 25.2. The summed E-state index contributed by atoms with van der Waals surface area (Å²) >= 11 is 0. The van der Waals surface area contributed by atoms with Gasteiger partial charge in [0.25, 0.3) is 11.8 Å². The lowest BCUT2D eigenvalue weighted by molar-refractivity contribution is -0.136. The lowest BCUT2D eigenvalue weighted by Crippen LogP contribution is -2.52. The van der Waals surface area contributed by atoms with E-state index in [0.717, 1.165) is 25.9 Å². The van der Waals surface area contributed by atoms with Crippen LogP contribution in [-0.4, -0.2) is 53.4 Å². The molecule has 2 aromatic carbocycles. The highest BCUT2D eigenvalue weighted by Crippen LogP contribution is 2.30. The average Bonchev–Trinajstić information content (AvgIpc) is 3.24. The van der Waals surface area contributed by atoms with Gasteiger partial charge in [-0.2, -0.15) is 0 Å². The van der Waals surface area contributed by atoms with Gasteiger partial charge in [-0.25, -0.2) is 0 Å². The van der Waals surface area contributed by atoms with Gasteiger partial charge in [0.15, 0.2) is 0 Å². The zero-order valence-electron chi connectivity index (χ0n) is 19.8. The van der Waals surface area contributed by atoms with Crippen molar-refractivity contribution < 1.29 is 24.0 Å². The normalized spacial score (nSPS) is 20.2. The van der Waals surface area contributed by atoms with Crippen molar-refractivity contribution >= 4 is 29.4 Å². The maximum absolute atomic E-state index is 13.0. The molecule has 0 aromatic heterocycles. The number of imide groups is 1. The Morgan fingerprint density at radius 2 is 1.72 bits per heavy atom. The fraction of sp³-hybridized carbons (Fsp3) is 0.370. The minimum Gasteiger partial charge on any atom is -0.345 e. The van der Waals surface area contributed by atoms with Crippen molar-refractivity contribution in [1.82, 2.24) is 20.9 Å². The summed E-state index contributed by atoms with van der Waals surface area (Å²) in [6, 6.07) is 11.7. The molecule has 3 aliphatic rings. The quantitative estimate of drug-likeness (QED) is 0.321. The molecule has 3 heterocycles. The van der Waals surface area contributed by atoms with E-state index in [1.165, 1.54) is 10.5 Å². The van der Waals surface area contributed by atoms with E-state index in [0.29, 0.717) is 28.2 Å². The van der Waals surface area contributed by atoms with E-state index in [4.69, 9.17) is 0 Å². The summed E-state index contributed by atoms with van der Waals surface area (Å²) in [5.41, 5.74) is 3.40. The molecular weight excluding hydrogens is 460 g/mol. The van der Waals surface area contributed by atoms with Crippen molar-refractivity contribution in [1.29, 1.82) is 0 Å². The molecule has 2 fully saturated rings. The standard InChI is InChI=1S/C27H28N4O5/c32-23-9-8-22(25(34)30-23)31-15-21-19(2-1-3-20(21)27(31)36)14-29-26(35)24(33)18-6-4-16(5-7-18)17-10-12-28-13-11-17/h1-7,17,22,28H,8-15H2,(H,29,35)(H,30,32,34). The highest BCUT2D eigenvalue weighted by atomic mass is 16.2. The fourth-order valence-electron chi connectivity index (χ4n) is 5.26. The summed E-state index contributed by atoms with van der Waals surface area (Å²) < 4.78 is 0. The Labute approximate surface area is 208 Å². The number of Topliss-reactive ketones (excluding diaryl/α,β-unsaturated/α-hetero) is 1. The first-order valence-corrected chi connectivity index (χ1v) is 12.3. The number of fused-ring (bicyclic) bond motifs is 1. The van der Waals surface area contributed by atoms with Gasteiger partial charge in [-0.05, 0) is 61.0 Å². The highest BCUT2D eigenvalue weighted by Gasteiger charge is 2.39. The van der Waals surface area contributed by atoms with Crippen molar-refractivity contribution in [2.24, 2.45) is 0 Å². The first-order valence-electron chi connectivity index (χ1n) is 12.3. The van der Waals surface area contributed by atoms with Crippen LogP contribution in [0, 0.1) is 0 Å². The Kier molecular flexibility index (Phi) is 6.65. The Balaban J connectivity index is 1.23. The number of hydrogen-bond acceptors (Lipinski definition) is 6. The summed E-state index contributed by atoms with van der Waals surface area (Å²) in [6.45, 7) is 2.25. The van der Waals surface area contributed by atoms with Crippen LogP contribution in [-0.2, 0) is 27.5 Å². The molecule has 3 N–H and O–H groups in total. The third kappa shape index (κ3) is 4.66. The third-order valence-corrected chi connectivity index (χ3v) is 7.31. The summed E-state index contributed by atoms with van der Waals surface area (Å²) in [7, 11) is 0. The van der Waals surface area contributed by atoms with E-state index in [-0.39, 0.29) is 37.7 Å². The van der Waals surface area contributed by atoms with Gasteiger partial charge in [0.1, 0.15) is 6.04 Å². The molecule has 4 amide bonds. The van der Waals surface area contributed by atoms with Gasteiger partial charge >= 0.3 is 0 Å². The molecule has 186 valence electrons. The fourth-order valence-corrected chi connectivity index (χ4v) is 5.26. The van der Waals surface area contributed by atoms with Gasteiger partial charge in [-0.15, -0.1) is 0 Å². The number of benzene rings is 2. The Morgan fingerprint density at radius 3 is 2.44 bits per heavy atom. The molecule has 2 aromatic rings. The van der Waals surface area contributed by atoms with Crippen molar-refractivity contribution in [2.75, 3.05) is 13.1 Å². The summed E-state index contributed by atoms with van der Waals surface area (Å²) in [4.78, 5) is 63.5. The minimum absolute atomic E-state index is 0.0807. The topological polar surface area (TPSA) is 125 Å². The van der Waals surface area contributed by atoms with E-state index in [1.807, 2.05) is 12.1 Å². The number of nitrogens with zero attached hydrogens (tertiary/aromatic N) is 1. The number of hydrogen-bond donors (Lipinski definition) is 3. The van der Waals surface area contributed by atoms with E-state index in [1.54, 1.807) is 30.3 Å². The van der Waals surface area contributed by atoms with Crippen LogP contribution in [0.15, 0.2) is 42.5 Å². The van der Waals surface area contributed by atoms with Crippen LogP contribution in [0.25, 0.3) is 0 Å². The van der Waals surface area contributed by atoms with Crippen LogP contribution >= 0.6 is 0 Å². The molecule has 5 rings (SSSR count). The summed E-state index contributed by atoms with van der Waals surface area (Å²) in [5, 5.41) is 8.31. The molecule has 1 unspecified atom stereocenters. The molecule has 2 saturated heterocycles. The van der Waals surface area contributed by atoms with Gasteiger partial charge in [0, 0.05) is 30.6 Å². The molecule has 1 atom stereocenters. The molecule has 36 heavy (non-hydrogen) atoms. The number of carbonyl (C=O) groups is 5. The summed E-state index contributed by atoms with van der Waals surface area (Å²) in [6.07, 6.45) is 2.57. The second-order valence-electron chi connectivity index (χ2n) is 9.50. The average molecular weight is 489 g/mol. The van der Waals surface area contributed by atoms with Crippen molar-refractivity contribution in [3.05, 3.63) is 70.3 Å². The third-order valence-electron chi connectivity index (χ3n) is 7.31. The number of rotatable bonds is 6. The number of carbonyl (C=O) groups excluding carboxylic acids is 5. The minimum atomic E-state index is -0.714.